The highest BCUT2D eigenvalue weighted by Gasteiger charge is 2.12. The van der Waals surface area contributed by atoms with Gasteiger partial charge in [0.15, 0.2) is 11.6 Å². The second kappa shape index (κ2) is 7.25. The van der Waals surface area contributed by atoms with Gasteiger partial charge in [0, 0.05) is 22.6 Å². The molecule has 0 atom stereocenters. The topological polar surface area (TPSA) is 21.3 Å². The molecular formula is C16H16BrClFNO. The monoisotopic (exact) mass is 371 g/mol. The smallest absolute Gasteiger partial charge is 0.184 e. The van der Waals surface area contributed by atoms with Crippen LogP contribution in [-0.2, 0) is 6.54 Å². The average Bonchev–Trinajstić information content (AvgIpc) is 2.43. The van der Waals surface area contributed by atoms with Gasteiger partial charge in [0.25, 0.3) is 0 Å². The summed E-state index contributed by atoms with van der Waals surface area (Å²) in [5, 5.41) is 3.36. The molecule has 0 saturated carbocycles. The van der Waals surface area contributed by atoms with Gasteiger partial charge in [-0.1, -0.05) is 53.5 Å². The molecule has 0 aromatic heterocycles. The van der Waals surface area contributed by atoms with Gasteiger partial charge in [0.1, 0.15) is 5.75 Å². The van der Waals surface area contributed by atoms with Crippen molar-refractivity contribution >= 4 is 27.5 Å². The minimum Gasteiger partial charge on any atom is -0.454 e. The Bertz CT molecular complexity index is 634. The van der Waals surface area contributed by atoms with Crippen molar-refractivity contribution in [3.8, 4) is 11.5 Å². The number of hydrogen-bond donors (Lipinski definition) is 1. The van der Waals surface area contributed by atoms with E-state index in [4.69, 9.17) is 16.3 Å². The van der Waals surface area contributed by atoms with E-state index in [1.807, 2.05) is 18.2 Å². The summed E-state index contributed by atoms with van der Waals surface area (Å²) in [6.45, 7) is 4.77. The van der Waals surface area contributed by atoms with Crippen molar-refractivity contribution in [3.05, 3.63) is 57.3 Å². The van der Waals surface area contributed by atoms with Gasteiger partial charge in [0.05, 0.1) is 5.02 Å². The number of halogens is 3. The molecule has 2 aromatic rings. The van der Waals surface area contributed by atoms with Crippen LogP contribution in [-0.4, -0.2) is 6.04 Å². The fourth-order valence-corrected chi connectivity index (χ4v) is 2.27. The van der Waals surface area contributed by atoms with Crippen LogP contribution in [0.25, 0.3) is 0 Å². The minimum absolute atomic E-state index is 0.0457. The molecule has 0 saturated heterocycles. The summed E-state index contributed by atoms with van der Waals surface area (Å²) in [6.07, 6.45) is 0. The number of benzene rings is 2. The fourth-order valence-electron chi connectivity index (χ4n) is 1.76. The van der Waals surface area contributed by atoms with Crippen LogP contribution in [0.1, 0.15) is 19.4 Å². The SMILES string of the molecule is CC(C)NCc1ccc(Br)cc1Oc1cccc(Cl)c1F. The molecule has 0 unspecified atom stereocenters. The molecule has 21 heavy (non-hydrogen) atoms. The Morgan fingerprint density at radius 1 is 1.24 bits per heavy atom. The van der Waals surface area contributed by atoms with Crippen LogP contribution in [0.4, 0.5) is 4.39 Å². The van der Waals surface area contributed by atoms with E-state index in [-0.39, 0.29) is 10.8 Å². The molecule has 0 amide bonds. The van der Waals surface area contributed by atoms with Crippen LogP contribution < -0.4 is 10.1 Å². The van der Waals surface area contributed by atoms with E-state index < -0.39 is 5.82 Å². The van der Waals surface area contributed by atoms with E-state index >= 15 is 0 Å². The number of ether oxygens (including phenoxy) is 1. The van der Waals surface area contributed by atoms with Crippen molar-refractivity contribution in [1.82, 2.24) is 5.32 Å². The lowest BCUT2D eigenvalue weighted by molar-refractivity contribution is 0.434. The van der Waals surface area contributed by atoms with Gasteiger partial charge in [-0.2, -0.15) is 0 Å². The van der Waals surface area contributed by atoms with Gasteiger partial charge in [-0.15, -0.1) is 0 Å². The van der Waals surface area contributed by atoms with Gasteiger partial charge >= 0.3 is 0 Å². The molecule has 0 fully saturated rings. The van der Waals surface area contributed by atoms with E-state index in [2.05, 4.69) is 35.1 Å². The minimum atomic E-state index is -0.554. The summed E-state index contributed by atoms with van der Waals surface area (Å²) in [4.78, 5) is 0. The van der Waals surface area contributed by atoms with Gasteiger partial charge in [-0.25, -0.2) is 4.39 Å². The number of rotatable bonds is 5. The van der Waals surface area contributed by atoms with Crippen LogP contribution in [0.5, 0.6) is 11.5 Å². The zero-order valence-electron chi connectivity index (χ0n) is 11.8. The fraction of sp³-hybridized carbons (Fsp3) is 0.250. The van der Waals surface area contributed by atoms with Crippen LogP contribution in [0, 0.1) is 5.82 Å². The molecule has 2 aromatic carbocycles. The van der Waals surface area contributed by atoms with Crippen LogP contribution in [0.3, 0.4) is 0 Å². The standard InChI is InChI=1S/C16H16BrClFNO/c1-10(2)20-9-11-6-7-12(17)8-15(11)21-14-5-3-4-13(18)16(14)19/h3-8,10,20H,9H2,1-2H3. The molecule has 5 heteroatoms. The summed E-state index contributed by atoms with van der Waals surface area (Å²) in [6, 6.07) is 10.7. The summed E-state index contributed by atoms with van der Waals surface area (Å²) >= 11 is 9.18. The lowest BCUT2D eigenvalue weighted by Crippen LogP contribution is -2.22. The molecule has 0 radical (unpaired) electrons. The van der Waals surface area contributed by atoms with Crippen molar-refractivity contribution in [3.63, 3.8) is 0 Å². The Balaban J connectivity index is 2.29. The van der Waals surface area contributed by atoms with Crippen molar-refractivity contribution in [2.45, 2.75) is 26.4 Å². The Morgan fingerprint density at radius 3 is 2.71 bits per heavy atom. The third-order valence-electron chi connectivity index (χ3n) is 2.87. The van der Waals surface area contributed by atoms with Crippen molar-refractivity contribution < 1.29 is 9.13 Å². The van der Waals surface area contributed by atoms with Gasteiger partial charge in [-0.3, -0.25) is 0 Å². The predicted octanol–water partition coefficient (Wildman–Crippen LogP) is 5.53. The second-order valence-corrected chi connectivity index (χ2v) is 6.26. The first-order valence-corrected chi connectivity index (χ1v) is 7.78. The lowest BCUT2D eigenvalue weighted by atomic mass is 10.2. The van der Waals surface area contributed by atoms with Crippen LogP contribution in [0.15, 0.2) is 40.9 Å². The van der Waals surface area contributed by atoms with Gasteiger partial charge in [0.2, 0.25) is 0 Å². The Kier molecular flexibility index (Phi) is 5.62. The normalized spacial score (nSPS) is 11.0. The summed E-state index contributed by atoms with van der Waals surface area (Å²) in [5.41, 5.74) is 0.950. The first kappa shape index (κ1) is 16.3. The number of hydrogen-bond acceptors (Lipinski definition) is 2. The van der Waals surface area contributed by atoms with E-state index in [0.717, 1.165) is 10.0 Å². The first-order valence-electron chi connectivity index (χ1n) is 6.61. The second-order valence-electron chi connectivity index (χ2n) is 4.94. The molecule has 2 nitrogen and oxygen atoms in total. The molecular weight excluding hydrogens is 357 g/mol. The molecule has 0 bridgehead atoms. The molecule has 2 rings (SSSR count). The van der Waals surface area contributed by atoms with E-state index in [0.29, 0.717) is 18.3 Å². The summed E-state index contributed by atoms with van der Waals surface area (Å²) in [7, 11) is 0. The highest BCUT2D eigenvalue weighted by atomic mass is 79.9. The summed E-state index contributed by atoms with van der Waals surface area (Å²) in [5.74, 6) is 0.159. The van der Waals surface area contributed by atoms with Crippen molar-refractivity contribution in [2.24, 2.45) is 0 Å². The zero-order valence-corrected chi connectivity index (χ0v) is 14.1. The van der Waals surface area contributed by atoms with E-state index in [9.17, 15) is 4.39 Å². The molecule has 0 aliphatic carbocycles. The maximum Gasteiger partial charge on any atom is 0.184 e. The van der Waals surface area contributed by atoms with E-state index in [1.54, 1.807) is 12.1 Å². The quantitative estimate of drug-likeness (QED) is 0.745. The predicted molar refractivity (Wildman–Crippen MR) is 87.6 cm³/mol. The molecule has 0 aliphatic rings. The van der Waals surface area contributed by atoms with Gasteiger partial charge < -0.3 is 10.1 Å². The molecule has 0 aliphatic heterocycles. The third-order valence-corrected chi connectivity index (χ3v) is 3.65. The average molecular weight is 373 g/mol. The lowest BCUT2D eigenvalue weighted by Gasteiger charge is -2.14. The van der Waals surface area contributed by atoms with Crippen molar-refractivity contribution in [2.75, 3.05) is 0 Å². The van der Waals surface area contributed by atoms with Gasteiger partial charge in [-0.05, 0) is 24.3 Å². The Hall–Kier alpha value is -1.10. The third kappa shape index (κ3) is 4.43. The summed E-state index contributed by atoms with van der Waals surface area (Å²) < 4.78 is 20.5. The highest BCUT2D eigenvalue weighted by Crippen LogP contribution is 2.32. The molecule has 1 N–H and O–H groups in total. The number of nitrogens with one attached hydrogen (secondary N) is 1. The zero-order chi connectivity index (χ0) is 15.4. The highest BCUT2D eigenvalue weighted by molar-refractivity contribution is 9.10. The Labute approximate surface area is 137 Å². The maximum atomic E-state index is 13.9. The first-order chi connectivity index (χ1) is 9.97. The van der Waals surface area contributed by atoms with Crippen molar-refractivity contribution in [1.29, 1.82) is 0 Å². The molecule has 112 valence electrons. The largest absolute Gasteiger partial charge is 0.454 e. The van der Waals surface area contributed by atoms with E-state index in [1.165, 1.54) is 6.07 Å². The molecule has 0 spiro atoms. The Morgan fingerprint density at radius 2 is 2.00 bits per heavy atom. The molecule has 0 heterocycles. The maximum absolute atomic E-state index is 13.9. The van der Waals surface area contributed by atoms with Crippen LogP contribution in [0.2, 0.25) is 5.02 Å². The van der Waals surface area contributed by atoms with Crippen LogP contribution >= 0.6 is 27.5 Å².